The Balaban J connectivity index is 2.02. The van der Waals surface area contributed by atoms with Crippen LogP contribution in [0.3, 0.4) is 0 Å². The van der Waals surface area contributed by atoms with Gasteiger partial charge in [-0.2, -0.15) is 0 Å². The monoisotopic (exact) mass is 386 g/mol. The summed E-state index contributed by atoms with van der Waals surface area (Å²) in [6.07, 6.45) is 0. The maximum absolute atomic E-state index is 12.4. The number of rotatable bonds is 8. The smallest absolute Gasteiger partial charge is 0.251 e. The highest BCUT2D eigenvalue weighted by atomic mass is 16.5. The Labute approximate surface area is 165 Å². The number of hydrogen-bond acceptors (Lipinski definition) is 5. The lowest BCUT2D eigenvalue weighted by molar-refractivity contribution is -0.129. The molecule has 0 aromatic heterocycles. The lowest BCUT2D eigenvalue weighted by atomic mass is 10.1. The SMILES string of the molecule is COc1ccc(CN(C)C(=O)CNC(=O)c2ccc(C)cc2)c(OC)c1OC. The van der Waals surface area contributed by atoms with Crippen molar-refractivity contribution in [2.24, 2.45) is 0 Å². The van der Waals surface area contributed by atoms with Crippen LogP contribution in [0.15, 0.2) is 36.4 Å². The molecule has 2 amide bonds. The number of ether oxygens (including phenoxy) is 3. The van der Waals surface area contributed by atoms with Crippen LogP contribution in [-0.2, 0) is 11.3 Å². The second kappa shape index (κ2) is 9.64. The van der Waals surface area contributed by atoms with Crippen molar-refractivity contribution in [1.82, 2.24) is 10.2 Å². The summed E-state index contributed by atoms with van der Waals surface area (Å²) in [6, 6.07) is 10.7. The Morgan fingerprint density at radius 1 is 0.929 bits per heavy atom. The van der Waals surface area contributed by atoms with Gasteiger partial charge in [0.05, 0.1) is 27.9 Å². The van der Waals surface area contributed by atoms with Gasteiger partial charge in [-0.15, -0.1) is 0 Å². The second-order valence-corrected chi connectivity index (χ2v) is 6.29. The van der Waals surface area contributed by atoms with Gasteiger partial charge in [0, 0.05) is 24.7 Å². The Bertz CT molecular complexity index is 833. The topological polar surface area (TPSA) is 77.1 Å². The van der Waals surface area contributed by atoms with Crippen molar-refractivity contribution in [2.75, 3.05) is 34.9 Å². The number of carbonyl (C=O) groups is 2. The summed E-state index contributed by atoms with van der Waals surface area (Å²) in [4.78, 5) is 26.1. The van der Waals surface area contributed by atoms with E-state index in [9.17, 15) is 9.59 Å². The molecule has 0 atom stereocenters. The van der Waals surface area contributed by atoms with Crippen LogP contribution in [0.5, 0.6) is 17.2 Å². The van der Waals surface area contributed by atoms with E-state index >= 15 is 0 Å². The minimum atomic E-state index is -0.287. The third-order valence-electron chi connectivity index (χ3n) is 4.33. The van der Waals surface area contributed by atoms with E-state index in [1.165, 1.54) is 19.1 Å². The van der Waals surface area contributed by atoms with Gasteiger partial charge < -0.3 is 24.4 Å². The first-order valence-corrected chi connectivity index (χ1v) is 8.78. The van der Waals surface area contributed by atoms with Crippen LogP contribution in [0.2, 0.25) is 0 Å². The van der Waals surface area contributed by atoms with Crippen LogP contribution in [0, 0.1) is 6.92 Å². The van der Waals surface area contributed by atoms with Crippen molar-refractivity contribution in [3.63, 3.8) is 0 Å². The predicted molar refractivity (Wildman–Crippen MR) is 106 cm³/mol. The van der Waals surface area contributed by atoms with E-state index in [1.54, 1.807) is 32.4 Å². The first-order chi connectivity index (χ1) is 13.4. The van der Waals surface area contributed by atoms with Crippen LogP contribution in [0.4, 0.5) is 0 Å². The average molecular weight is 386 g/mol. The van der Waals surface area contributed by atoms with Gasteiger partial charge in [0.2, 0.25) is 11.7 Å². The molecule has 0 radical (unpaired) electrons. The Kier molecular flexibility index (Phi) is 7.26. The molecule has 0 saturated carbocycles. The van der Waals surface area contributed by atoms with E-state index in [-0.39, 0.29) is 18.4 Å². The summed E-state index contributed by atoms with van der Waals surface area (Å²) >= 11 is 0. The van der Waals surface area contributed by atoms with Crippen LogP contribution >= 0.6 is 0 Å². The zero-order chi connectivity index (χ0) is 20.7. The molecule has 28 heavy (non-hydrogen) atoms. The van der Waals surface area contributed by atoms with Gasteiger partial charge in [-0.3, -0.25) is 9.59 Å². The van der Waals surface area contributed by atoms with Gasteiger partial charge >= 0.3 is 0 Å². The van der Waals surface area contributed by atoms with Gasteiger partial charge in [-0.25, -0.2) is 0 Å². The van der Waals surface area contributed by atoms with Gasteiger partial charge in [-0.1, -0.05) is 17.7 Å². The fourth-order valence-electron chi connectivity index (χ4n) is 2.73. The van der Waals surface area contributed by atoms with Gasteiger partial charge in [0.1, 0.15) is 0 Å². The summed E-state index contributed by atoms with van der Waals surface area (Å²) in [5.41, 5.74) is 2.35. The van der Waals surface area contributed by atoms with Crippen LogP contribution < -0.4 is 19.5 Å². The third kappa shape index (κ3) is 4.94. The molecule has 0 bridgehead atoms. The largest absolute Gasteiger partial charge is 0.493 e. The third-order valence-corrected chi connectivity index (χ3v) is 4.33. The van der Waals surface area contributed by atoms with Crippen molar-refractivity contribution in [1.29, 1.82) is 0 Å². The Morgan fingerprint density at radius 3 is 2.14 bits per heavy atom. The Morgan fingerprint density at radius 2 is 1.57 bits per heavy atom. The first-order valence-electron chi connectivity index (χ1n) is 8.78. The van der Waals surface area contributed by atoms with Gasteiger partial charge in [-0.05, 0) is 31.2 Å². The molecule has 150 valence electrons. The number of likely N-dealkylation sites (N-methyl/N-ethyl adjacent to an activating group) is 1. The van der Waals surface area contributed by atoms with E-state index in [4.69, 9.17) is 14.2 Å². The van der Waals surface area contributed by atoms with Crippen molar-refractivity contribution in [3.8, 4) is 17.2 Å². The highest BCUT2D eigenvalue weighted by Gasteiger charge is 2.19. The molecule has 0 aliphatic heterocycles. The molecule has 0 saturated heterocycles. The molecule has 7 nitrogen and oxygen atoms in total. The number of methoxy groups -OCH3 is 3. The molecule has 0 aliphatic carbocycles. The average Bonchev–Trinajstić information content (AvgIpc) is 2.71. The number of amides is 2. The van der Waals surface area contributed by atoms with Crippen LogP contribution in [0.1, 0.15) is 21.5 Å². The quantitative estimate of drug-likeness (QED) is 0.754. The molecule has 2 rings (SSSR count). The minimum Gasteiger partial charge on any atom is -0.493 e. The number of aryl methyl sites for hydroxylation is 1. The molecule has 0 heterocycles. The van der Waals surface area contributed by atoms with Gasteiger partial charge in [0.15, 0.2) is 11.5 Å². The lowest BCUT2D eigenvalue weighted by Gasteiger charge is -2.21. The van der Waals surface area contributed by atoms with Gasteiger partial charge in [0.25, 0.3) is 5.91 Å². The normalized spacial score (nSPS) is 10.2. The maximum Gasteiger partial charge on any atom is 0.251 e. The molecular formula is C21H26N2O5. The van der Waals surface area contributed by atoms with Crippen molar-refractivity contribution >= 4 is 11.8 Å². The fourth-order valence-corrected chi connectivity index (χ4v) is 2.73. The predicted octanol–water partition coefficient (Wildman–Crippen LogP) is 2.41. The zero-order valence-electron chi connectivity index (χ0n) is 16.9. The van der Waals surface area contributed by atoms with E-state index in [2.05, 4.69) is 5.32 Å². The minimum absolute atomic E-state index is 0.0984. The van der Waals surface area contributed by atoms with Crippen molar-refractivity contribution in [2.45, 2.75) is 13.5 Å². The number of hydrogen-bond donors (Lipinski definition) is 1. The molecule has 1 N–H and O–H groups in total. The molecule has 0 fully saturated rings. The van der Waals surface area contributed by atoms with E-state index < -0.39 is 0 Å². The standard InChI is InChI=1S/C21H26N2O5/c1-14-6-8-15(9-7-14)21(25)22-12-18(24)23(2)13-16-10-11-17(26-3)20(28-5)19(16)27-4/h6-11H,12-13H2,1-5H3,(H,22,25). The van der Waals surface area contributed by atoms with E-state index in [0.717, 1.165) is 11.1 Å². The van der Waals surface area contributed by atoms with E-state index in [0.29, 0.717) is 29.4 Å². The maximum atomic E-state index is 12.4. The lowest BCUT2D eigenvalue weighted by Crippen LogP contribution is -2.37. The number of nitrogens with one attached hydrogen (secondary N) is 1. The fraction of sp³-hybridized carbons (Fsp3) is 0.333. The molecule has 2 aromatic carbocycles. The molecule has 0 unspecified atom stereocenters. The summed E-state index contributed by atoms with van der Waals surface area (Å²) < 4.78 is 16.1. The summed E-state index contributed by atoms with van der Waals surface area (Å²) in [6.45, 7) is 2.14. The highest BCUT2D eigenvalue weighted by Crippen LogP contribution is 2.40. The van der Waals surface area contributed by atoms with Crippen LogP contribution in [-0.4, -0.2) is 51.6 Å². The number of carbonyl (C=O) groups excluding carboxylic acids is 2. The molecular weight excluding hydrogens is 360 g/mol. The van der Waals surface area contributed by atoms with E-state index in [1.807, 2.05) is 25.1 Å². The molecule has 0 aliphatic rings. The summed E-state index contributed by atoms with van der Waals surface area (Å²) in [5.74, 6) is 1.01. The van der Waals surface area contributed by atoms with Crippen molar-refractivity contribution in [3.05, 3.63) is 53.1 Å². The van der Waals surface area contributed by atoms with Crippen molar-refractivity contribution < 1.29 is 23.8 Å². The highest BCUT2D eigenvalue weighted by molar-refractivity contribution is 5.96. The molecule has 2 aromatic rings. The molecule has 0 spiro atoms. The summed E-state index contributed by atoms with van der Waals surface area (Å²) in [7, 11) is 6.27. The van der Waals surface area contributed by atoms with Crippen LogP contribution in [0.25, 0.3) is 0 Å². The number of benzene rings is 2. The molecule has 7 heteroatoms. The second-order valence-electron chi connectivity index (χ2n) is 6.29. The summed E-state index contributed by atoms with van der Waals surface area (Å²) in [5, 5.41) is 2.65. The first kappa shape index (κ1) is 21.1. The number of nitrogens with zero attached hydrogens (tertiary/aromatic N) is 1. The Hall–Kier alpha value is -3.22. The zero-order valence-corrected chi connectivity index (χ0v) is 16.9.